The van der Waals surface area contributed by atoms with Crippen LogP contribution in [-0.2, 0) is 12.8 Å². The van der Waals surface area contributed by atoms with Gasteiger partial charge in [-0.05, 0) is 60.9 Å². The average Bonchev–Trinajstić information content (AvgIpc) is 2.62. The molecule has 0 saturated carbocycles. The van der Waals surface area contributed by atoms with Crippen molar-refractivity contribution in [3.8, 4) is 0 Å². The molecule has 1 aliphatic rings. The van der Waals surface area contributed by atoms with Crippen molar-refractivity contribution < 1.29 is 0 Å². The third kappa shape index (κ3) is 2.55. The highest BCUT2D eigenvalue weighted by Crippen LogP contribution is 2.41. The first kappa shape index (κ1) is 12.6. The minimum atomic E-state index is 0.469. The van der Waals surface area contributed by atoms with Crippen LogP contribution in [0.5, 0.6) is 0 Å². The highest BCUT2D eigenvalue weighted by atomic mass is 14.8. The maximum absolute atomic E-state index is 3.28. The number of nitrogens with one attached hydrogen (secondary N) is 1. The summed E-state index contributed by atoms with van der Waals surface area (Å²) < 4.78 is 0. The van der Waals surface area contributed by atoms with E-state index in [1.807, 2.05) is 7.05 Å². The Balaban J connectivity index is 2.23. The molecule has 1 atom stereocenters. The summed E-state index contributed by atoms with van der Waals surface area (Å²) in [6, 6.07) is 6.87. The Labute approximate surface area is 106 Å². The Morgan fingerprint density at radius 3 is 2.71 bits per heavy atom. The summed E-state index contributed by atoms with van der Waals surface area (Å²) in [5.74, 6) is 0.650. The van der Waals surface area contributed by atoms with Gasteiger partial charge in [-0.2, -0.15) is 0 Å². The Kier molecular flexibility index (Phi) is 3.58. The molecule has 0 radical (unpaired) electrons. The molecular formula is C16H25N. The van der Waals surface area contributed by atoms with E-state index in [4.69, 9.17) is 0 Å². The van der Waals surface area contributed by atoms with E-state index >= 15 is 0 Å². The molecule has 1 aromatic carbocycles. The summed E-state index contributed by atoms with van der Waals surface area (Å²) >= 11 is 0. The van der Waals surface area contributed by atoms with E-state index in [0.717, 1.165) is 6.54 Å². The highest BCUT2D eigenvalue weighted by Gasteiger charge is 2.33. The molecule has 0 fully saturated rings. The second kappa shape index (κ2) is 4.81. The first-order valence-electron chi connectivity index (χ1n) is 6.81. The molecule has 0 amide bonds. The van der Waals surface area contributed by atoms with Gasteiger partial charge < -0.3 is 5.32 Å². The number of rotatable bonds is 4. The number of benzene rings is 1. The highest BCUT2D eigenvalue weighted by molar-refractivity contribution is 5.42. The minimum absolute atomic E-state index is 0.469. The summed E-state index contributed by atoms with van der Waals surface area (Å²) in [6.07, 6.45) is 3.79. The fourth-order valence-corrected chi connectivity index (χ4v) is 3.13. The van der Waals surface area contributed by atoms with E-state index in [-0.39, 0.29) is 0 Å². The molecule has 0 heterocycles. The molecule has 2 rings (SSSR count). The van der Waals surface area contributed by atoms with E-state index in [1.165, 1.54) is 19.3 Å². The molecule has 0 aromatic heterocycles. The monoisotopic (exact) mass is 231 g/mol. The van der Waals surface area contributed by atoms with Crippen LogP contribution in [0.15, 0.2) is 18.2 Å². The van der Waals surface area contributed by atoms with Crippen molar-refractivity contribution in [2.75, 3.05) is 13.6 Å². The van der Waals surface area contributed by atoms with Crippen LogP contribution >= 0.6 is 0 Å². The number of hydrogen-bond acceptors (Lipinski definition) is 1. The fraction of sp³-hybridized carbons (Fsp3) is 0.625. The maximum atomic E-state index is 3.28. The van der Waals surface area contributed by atoms with Crippen molar-refractivity contribution >= 4 is 0 Å². The zero-order valence-corrected chi connectivity index (χ0v) is 11.6. The molecule has 0 aliphatic heterocycles. The van der Waals surface area contributed by atoms with Crippen molar-refractivity contribution in [1.82, 2.24) is 5.32 Å². The molecule has 0 spiro atoms. The Morgan fingerprint density at radius 2 is 2.06 bits per heavy atom. The summed E-state index contributed by atoms with van der Waals surface area (Å²) in [7, 11) is 2.05. The lowest BCUT2D eigenvalue weighted by Crippen LogP contribution is -2.23. The fourth-order valence-electron chi connectivity index (χ4n) is 3.13. The van der Waals surface area contributed by atoms with Crippen LogP contribution in [0.4, 0.5) is 0 Å². The zero-order chi connectivity index (χ0) is 12.5. The normalized spacial score (nSPS) is 23.1. The van der Waals surface area contributed by atoms with E-state index in [1.54, 1.807) is 16.7 Å². The molecular weight excluding hydrogens is 206 g/mol. The van der Waals surface area contributed by atoms with Gasteiger partial charge in [0.25, 0.3) is 0 Å². The lowest BCUT2D eigenvalue weighted by molar-refractivity contribution is 0.313. The van der Waals surface area contributed by atoms with E-state index in [0.29, 0.717) is 11.3 Å². The lowest BCUT2D eigenvalue weighted by atomic mass is 9.83. The topological polar surface area (TPSA) is 12.0 Å². The molecule has 0 saturated heterocycles. The average molecular weight is 231 g/mol. The maximum Gasteiger partial charge on any atom is -0.00465 e. The van der Waals surface area contributed by atoms with E-state index < -0.39 is 0 Å². The minimum Gasteiger partial charge on any atom is -0.320 e. The molecule has 1 aliphatic carbocycles. The smallest absolute Gasteiger partial charge is 0.00465 e. The van der Waals surface area contributed by atoms with Crippen LogP contribution in [0.3, 0.4) is 0 Å². The molecule has 1 aromatic rings. The van der Waals surface area contributed by atoms with Gasteiger partial charge in [0.15, 0.2) is 0 Å². The summed E-state index contributed by atoms with van der Waals surface area (Å²) in [4.78, 5) is 0. The van der Waals surface area contributed by atoms with Crippen LogP contribution < -0.4 is 5.32 Å². The van der Waals surface area contributed by atoms with E-state index in [9.17, 15) is 0 Å². The number of fused-ring (bicyclic) bond motifs is 1. The van der Waals surface area contributed by atoms with Gasteiger partial charge in [0.05, 0.1) is 0 Å². The SMILES string of the molecule is CNCCC1(C)Cc2cccc(C(C)C)c2C1. The lowest BCUT2D eigenvalue weighted by Gasteiger charge is -2.23. The Morgan fingerprint density at radius 1 is 1.29 bits per heavy atom. The summed E-state index contributed by atoms with van der Waals surface area (Å²) in [5.41, 5.74) is 5.27. The number of hydrogen-bond donors (Lipinski definition) is 1. The molecule has 17 heavy (non-hydrogen) atoms. The summed E-state index contributed by atoms with van der Waals surface area (Å²) in [5, 5.41) is 3.28. The van der Waals surface area contributed by atoms with Gasteiger partial charge in [0, 0.05) is 0 Å². The van der Waals surface area contributed by atoms with Crippen molar-refractivity contribution in [2.45, 2.75) is 46.0 Å². The van der Waals surface area contributed by atoms with Crippen LogP contribution in [0, 0.1) is 5.41 Å². The van der Waals surface area contributed by atoms with Crippen molar-refractivity contribution in [2.24, 2.45) is 5.41 Å². The molecule has 1 heteroatoms. The van der Waals surface area contributed by atoms with Gasteiger partial charge in [-0.3, -0.25) is 0 Å². The predicted octanol–water partition coefficient (Wildman–Crippen LogP) is 3.52. The third-order valence-electron chi connectivity index (χ3n) is 4.13. The van der Waals surface area contributed by atoms with Gasteiger partial charge in [-0.25, -0.2) is 0 Å². The second-order valence-electron chi connectivity index (χ2n) is 6.16. The van der Waals surface area contributed by atoms with Crippen molar-refractivity contribution in [1.29, 1.82) is 0 Å². The molecule has 94 valence electrons. The Bertz CT molecular complexity index is 395. The van der Waals surface area contributed by atoms with Crippen LogP contribution in [0.1, 0.15) is 49.8 Å². The third-order valence-corrected chi connectivity index (χ3v) is 4.13. The van der Waals surface area contributed by atoms with Gasteiger partial charge in [-0.15, -0.1) is 0 Å². The first-order valence-corrected chi connectivity index (χ1v) is 6.81. The standard InChI is InChI=1S/C16H25N/c1-12(2)14-7-5-6-13-10-16(3,8-9-17-4)11-15(13)14/h5-7,12,17H,8-11H2,1-4H3. The van der Waals surface area contributed by atoms with Crippen molar-refractivity contribution in [3.05, 3.63) is 34.9 Å². The van der Waals surface area contributed by atoms with Crippen molar-refractivity contribution in [3.63, 3.8) is 0 Å². The largest absolute Gasteiger partial charge is 0.320 e. The van der Waals surface area contributed by atoms with Gasteiger partial charge >= 0.3 is 0 Å². The van der Waals surface area contributed by atoms with Crippen LogP contribution in [-0.4, -0.2) is 13.6 Å². The predicted molar refractivity (Wildman–Crippen MR) is 74.6 cm³/mol. The van der Waals surface area contributed by atoms with Gasteiger partial charge in [-0.1, -0.05) is 39.0 Å². The summed E-state index contributed by atoms with van der Waals surface area (Å²) in [6.45, 7) is 8.17. The van der Waals surface area contributed by atoms with Crippen LogP contribution in [0.2, 0.25) is 0 Å². The second-order valence-corrected chi connectivity index (χ2v) is 6.16. The first-order chi connectivity index (χ1) is 8.06. The van der Waals surface area contributed by atoms with Crippen LogP contribution in [0.25, 0.3) is 0 Å². The van der Waals surface area contributed by atoms with Gasteiger partial charge in [0.2, 0.25) is 0 Å². The molecule has 1 nitrogen and oxygen atoms in total. The quantitative estimate of drug-likeness (QED) is 0.836. The van der Waals surface area contributed by atoms with Gasteiger partial charge in [0.1, 0.15) is 0 Å². The molecule has 1 N–H and O–H groups in total. The molecule has 0 bridgehead atoms. The Hall–Kier alpha value is -0.820. The molecule has 1 unspecified atom stereocenters. The zero-order valence-electron chi connectivity index (χ0n) is 11.6. The van der Waals surface area contributed by atoms with E-state index in [2.05, 4.69) is 44.3 Å².